The number of rotatable bonds is 7. The number of amides is 2. The Morgan fingerprint density at radius 2 is 1.81 bits per heavy atom. The van der Waals surface area contributed by atoms with Gasteiger partial charge in [-0.2, -0.15) is 0 Å². The van der Waals surface area contributed by atoms with Crippen LogP contribution in [0.2, 0.25) is 0 Å². The van der Waals surface area contributed by atoms with Crippen LogP contribution in [0.15, 0.2) is 4.99 Å². The predicted octanol–water partition coefficient (Wildman–Crippen LogP) is 0.859. The molecule has 3 fully saturated rings. The molecule has 2 aliphatic carbocycles. The van der Waals surface area contributed by atoms with Crippen LogP contribution in [0.5, 0.6) is 0 Å². The van der Waals surface area contributed by atoms with Crippen LogP contribution >= 0.6 is 0 Å². The maximum absolute atomic E-state index is 12.6. The van der Waals surface area contributed by atoms with E-state index >= 15 is 0 Å². The van der Waals surface area contributed by atoms with Crippen LogP contribution in [0.4, 0.5) is 0 Å². The molecule has 0 aromatic carbocycles. The van der Waals surface area contributed by atoms with E-state index in [9.17, 15) is 9.59 Å². The minimum absolute atomic E-state index is 0.162. The first-order chi connectivity index (χ1) is 12.7. The molecule has 1 heterocycles. The molecule has 1 atom stereocenters. The van der Waals surface area contributed by atoms with Gasteiger partial charge in [0.25, 0.3) is 0 Å². The van der Waals surface area contributed by atoms with Crippen LogP contribution in [-0.2, 0) is 9.59 Å². The number of carbonyl (C=O) groups excluding carboxylic acids is 2. The number of nitrogens with one attached hydrogen (secondary N) is 3. The Bertz CT molecular complexity index is 526. The topological polar surface area (TPSA) is 85.8 Å². The van der Waals surface area contributed by atoms with Gasteiger partial charge in [-0.25, -0.2) is 0 Å². The molecule has 7 nitrogen and oxygen atoms in total. The van der Waals surface area contributed by atoms with E-state index in [0.717, 1.165) is 57.7 Å². The first kappa shape index (κ1) is 19.0. The number of hydrogen-bond donors (Lipinski definition) is 3. The fourth-order valence-corrected chi connectivity index (χ4v) is 3.86. The van der Waals surface area contributed by atoms with Crippen LogP contribution in [0.3, 0.4) is 0 Å². The van der Waals surface area contributed by atoms with Crippen LogP contribution in [0, 0.1) is 11.8 Å². The van der Waals surface area contributed by atoms with Crippen LogP contribution in [0.1, 0.15) is 51.9 Å². The monoisotopic (exact) mass is 363 g/mol. The maximum Gasteiger partial charge on any atom is 0.225 e. The molecular weight excluding hydrogens is 330 g/mol. The van der Waals surface area contributed by atoms with E-state index < -0.39 is 0 Å². The first-order valence-corrected chi connectivity index (χ1v) is 10.3. The van der Waals surface area contributed by atoms with Gasteiger partial charge < -0.3 is 20.9 Å². The second-order valence-corrected chi connectivity index (χ2v) is 7.72. The van der Waals surface area contributed by atoms with Crippen LogP contribution in [0.25, 0.3) is 0 Å². The molecule has 26 heavy (non-hydrogen) atoms. The highest BCUT2D eigenvalue weighted by atomic mass is 16.2. The number of guanidine groups is 1. The van der Waals surface area contributed by atoms with E-state index in [1.165, 1.54) is 12.8 Å². The fraction of sp³-hybridized carbons (Fsp3) is 0.842. The van der Waals surface area contributed by atoms with Gasteiger partial charge in [0, 0.05) is 44.1 Å². The molecule has 1 unspecified atom stereocenters. The van der Waals surface area contributed by atoms with Gasteiger partial charge in [0.15, 0.2) is 5.96 Å². The summed E-state index contributed by atoms with van der Waals surface area (Å²) in [6.07, 6.45) is 7.52. The highest BCUT2D eigenvalue weighted by molar-refractivity contribution is 5.82. The predicted molar refractivity (Wildman–Crippen MR) is 102 cm³/mol. The van der Waals surface area contributed by atoms with Crippen LogP contribution in [-0.4, -0.2) is 61.4 Å². The van der Waals surface area contributed by atoms with Crippen molar-refractivity contribution in [3.8, 4) is 0 Å². The third-order valence-corrected chi connectivity index (χ3v) is 5.52. The summed E-state index contributed by atoms with van der Waals surface area (Å²) < 4.78 is 0. The normalized spacial score (nSPS) is 24.0. The van der Waals surface area contributed by atoms with E-state index in [1.54, 1.807) is 0 Å². The third-order valence-electron chi connectivity index (χ3n) is 5.52. The van der Waals surface area contributed by atoms with Crippen molar-refractivity contribution in [1.82, 2.24) is 20.9 Å². The number of hydrogen-bond acceptors (Lipinski definition) is 3. The summed E-state index contributed by atoms with van der Waals surface area (Å²) in [4.78, 5) is 30.8. The molecule has 2 saturated carbocycles. The maximum atomic E-state index is 12.6. The number of carbonyl (C=O) groups is 2. The summed E-state index contributed by atoms with van der Waals surface area (Å²) in [6, 6.07) is 0.249. The van der Waals surface area contributed by atoms with Gasteiger partial charge in [-0.1, -0.05) is 12.8 Å². The smallest absolute Gasteiger partial charge is 0.225 e. The molecule has 1 saturated heterocycles. The summed E-state index contributed by atoms with van der Waals surface area (Å²) in [5, 5.41) is 9.64. The summed E-state index contributed by atoms with van der Waals surface area (Å²) >= 11 is 0. The standard InChI is InChI=1S/C19H33N5O2/c1-2-20-19(22-11-10-21-17(25)14-7-8-14)23-16-9-12-24(13-16)18(26)15-5-3-4-6-15/h14-16H,2-13H2,1H3,(H,21,25)(H2,20,22,23). The van der Waals surface area contributed by atoms with E-state index in [1.807, 2.05) is 11.8 Å². The molecule has 146 valence electrons. The quantitative estimate of drug-likeness (QED) is 0.356. The molecule has 7 heteroatoms. The molecule has 0 spiro atoms. The van der Waals surface area contributed by atoms with Gasteiger partial charge in [-0.15, -0.1) is 0 Å². The van der Waals surface area contributed by atoms with E-state index in [0.29, 0.717) is 19.0 Å². The average Bonchev–Trinajstić information content (AvgIpc) is 3.15. The minimum atomic E-state index is 0.162. The van der Waals surface area contributed by atoms with Crippen molar-refractivity contribution in [1.29, 1.82) is 0 Å². The Balaban J connectivity index is 1.41. The van der Waals surface area contributed by atoms with Gasteiger partial charge in [0.1, 0.15) is 0 Å². The van der Waals surface area contributed by atoms with Crippen molar-refractivity contribution in [3.05, 3.63) is 0 Å². The Labute approximate surface area is 156 Å². The summed E-state index contributed by atoms with van der Waals surface area (Å²) in [7, 11) is 0. The molecule has 3 aliphatic rings. The van der Waals surface area contributed by atoms with Crippen molar-refractivity contribution >= 4 is 17.8 Å². The van der Waals surface area contributed by atoms with Gasteiger partial charge >= 0.3 is 0 Å². The second-order valence-electron chi connectivity index (χ2n) is 7.72. The van der Waals surface area contributed by atoms with Gasteiger partial charge in [-0.05, 0) is 39.0 Å². The molecule has 1 aliphatic heterocycles. The lowest BCUT2D eigenvalue weighted by atomic mass is 10.1. The lowest BCUT2D eigenvalue weighted by Crippen LogP contribution is -2.45. The molecule has 2 amide bonds. The number of likely N-dealkylation sites (tertiary alicyclic amines) is 1. The molecule has 3 N–H and O–H groups in total. The first-order valence-electron chi connectivity index (χ1n) is 10.3. The van der Waals surface area contributed by atoms with Crippen molar-refractivity contribution in [2.24, 2.45) is 16.8 Å². The van der Waals surface area contributed by atoms with Crippen molar-refractivity contribution < 1.29 is 9.59 Å². The fourth-order valence-electron chi connectivity index (χ4n) is 3.86. The zero-order chi connectivity index (χ0) is 18.4. The SMILES string of the molecule is CCNC(=NCCNC(=O)C1CC1)NC1CCN(C(=O)C2CCCC2)C1. The molecule has 3 rings (SSSR count). The number of nitrogens with zero attached hydrogens (tertiary/aromatic N) is 2. The van der Waals surface area contributed by atoms with Gasteiger partial charge in [0.2, 0.25) is 11.8 Å². The van der Waals surface area contributed by atoms with E-state index in [2.05, 4.69) is 20.9 Å². The Kier molecular flexibility index (Phi) is 6.74. The highest BCUT2D eigenvalue weighted by Crippen LogP contribution is 2.29. The lowest BCUT2D eigenvalue weighted by molar-refractivity contribution is -0.134. The molecule has 0 bridgehead atoms. The Morgan fingerprint density at radius 3 is 2.50 bits per heavy atom. The summed E-state index contributed by atoms with van der Waals surface area (Å²) in [5.41, 5.74) is 0. The van der Waals surface area contributed by atoms with Crippen molar-refractivity contribution in [3.63, 3.8) is 0 Å². The molecule has 0 aromatic heterocycles. The van der Waals surface area contributed by atoms with Crippen LogP contribution < -0.4 is 16.0 Å². The van der Waals surface area contributed by atoms with Crippen molar-refractivity contribution in [2.45, 2.75) is 57.9 Å². The summed E-state index contributed by atoms with van der Waals surface area (Å²) in [5.74, 6) is 1.78. The molecular formula is C19H33N5O2. The number of aliphatic imine (C=N–C) groups is 1. The van der Waals surface area contributed by atoms with Gasteiger partial charge in [-0.3, -0.25) is 14.6 Å². The Hall–Kier alpha value is -1.79. The summed E-state index contributed by atoms with van der Waals surface area (Å²) in [6.45, 7) is 5.56. The third kappa shape index (κ3) is 5.35. The second kappa shape index (κ2) is 9.24. The highest BCUT2D eigenvalue weighted by Gasteiger charge is 2.32. The lowest BCUT2D eigenvalue weighted by Gasteiger charge is -2.21. The Morgan fingerprint density at radius 1 is 1.04 bits per heavy atom. The zero-order valence-corrected chi connectivity index (χ0v) is 15.9. The van der Waals surface area contributed by atoms with E-state index in [4.69, 9.17) is 0 Å². The van der Waals surface area contributed by atoms with E-state index in [-0.39, 0.29) is 23.8 Å². The minimum Gasteiger partial charge on any atom is -0.357 e. The van der Waals surface area contributed by atoms with Gasteiger partial charge in [0.05, 0.1) is 6.54 Å². The van der Waals surface area contributed by atoms with Crippen molar-refractivity contribution in [2.75, 3.05) is 32.7 Å². The zero-order valence-electron chi connectivity index (χ0n) is 15.9. The molecule has 0 aromatic rings. The largest absolute Gasteiger partial charge is 0.357 e. The molecule has 0 radical (unpaired) electrons. The average molecular weight is 364 g/mol.